The van der Waals surface area contributed by atoms with Crippen molar-refractivity contribution in [3.05, 3.63) is 67.3 Å². The summed E-state index contributed by atoms with van der Waals surface area (Å²) < 4.78 is 0. The largest absolute Gasteiger partial charge is 0.382 e. The molecule has 0 atom stereocenters. The topological polar surface area (TPSA) is 24.1 Å². The van der Waals surface area contributed by atoms with Gasteiger partial charge in [-0.15, -0.1) is 6.58 Å². The maximum atomic E-state index is 3.67. The van der Waals surface area contributed by atoms with Gasteiger partial charge in [0.2, 0.25) is 0 Å². The van der Waals surface area contributed by atoms with E-state index in [9.17, 15) is 0 Å². The van der Waals surface area contributed by atoms with E-state index in [0.29, 0.717) is 0 Å². The molecular formula is C15H16N2. The van der Waals surface area contributed by atoms with E-state index in [4.69, 9.17) is 0 Å². The second kappa shape index (κ2) is 5.75. The molecule has 2 rings (SSSR count). The minimum absolute atomic E-state index is 0.783. The fraction of sp³-hybridized carbons (Fsp3) is 0.0667. The van der Waals surface area contributed by atoms with Gasteiger partial charge in [-0.1, -0.05) is 24.3 Å². The lowest BCUT2D eigenvalue weighted by Crippen LogP contribution is -1.97. The summed E-state index contributed by atoms with van der Waals surface area (Å²) >= 11 is 0. The SMILES string of the molecule is C=CCNc1ccc(Nc2ccccc2)cc1. The van der Waals surface area contributed by atoms with Crippen LogP contribution in [0.5, 0.6) is 0 Å². The fourth-order valence-corrected chi connectivity index (χ4v) is 1.55. The third-order valence-electron chi connectivity index (χ3n) is 2.40. The number of hydrogen-bond acceptors (Lipinski definition) is 2. The van der Waals surface area contributed by atoms with Crippen LogP contribution in [0.2, 0.25) is 0 Å². The summed E-state index contributed by atoms with van der Waals surface area (Å²) in [5.41, 5.74) is 3.28. The molecule has 2 heteroatoms. The standard InChI is InChI=1S/C15H16N2/c1-2-12-16-13-8-10-15(11-9-13)17-14-6-4-3-5-7-14/h2-11,16-17H,1,12H2. The van der Waals surface area contributed by atoms with Gasteiger partial charge in [-0.3, -0.25) is 0 Å². The zero-order chi connectivity index (χ0) is 11.9. The van der Waals surface area contributed by atoms with Crippen molar-refractivity contribution in [3.63, 3.8) is 0 Å². The van der Waals surface area contributed by atoms with Crippen molar-refractivity contribution >= 4 is 17.1 Å². The summed E-state index contributed by atoms with van der Waals surface area (Å²) in [6.07, 6.45) is 1.84. The van der Waals surface area contributed by atoms with E-state index in [1.165, 1.54) is 0 Å². The first-order valence-electron chi connectivity index (χ1n) is 5.65. The Morgan fingerprint density at radius 2 is 1.41 bits per heavy atom. The smallest absolute Gasteiger partial charge is 0.0385 e. The lowest BCUT2D eigenvalue weighted by atomic mass is 10.2. The summed E-state index contributed by atoms with van der Waals surface area (Å²) in [6.45, 7) is 4.46. The Morgan fingerprint density at radius 1 is 0.824 bits per heavy atom. The van der Waals surface area contributed by atoms with Gasteiger partial charge in [0.15, 0.2) is 0 Å². The highest BCUT2D eigenvalue weighted by molar-refractivity contribution is 5.62. The monoisotopic (exact) mass is 224 g/mol. The van der Waals surface area contributed by atoms with Crippen molar-refractivity contribution in [2.24, 2.45) is 0 Å². The first-order valence-corrected chi connectivity index (χ1v) is 5.65. The zero-order valence-corrected chi connectivity index (χ0v) is 9.69. The quantitative estimate of drug-likeness (QED) is 0.749. The van der Waals surface area contributed by atoms with Gasteiger partial charge in [0.25, 0.3) is 0 Å². The number of anilines is 3. The molecule has 0 heterocycles. The Balaban J connectivity index is 2.01. The summed E-state index contributed by atoms with van der Waals surface area (Å²) in [5, 5.41) is 6.58. The predicted octanol–water partition coefficient (Wildman–Crippen LogP) is 4.03. The lowest BCUT2D eigenvalue weighted by molar-refractivity contribution is 1.34. The highest BCUT2D eigenvalue weighted by Gasteiger charge is 1.94. The van der Waals surface area contributed by atoms with E-state index in [2.05, 4.69) is 41.5 Å². The van der Waals surface area contributed by atoms with Crippen molar-refractivity contribution < 1.29 is 0 Å². The molecule has 0 aliphatic carbocycles. The lowest BCUT2D eigenvalue weighted by Gasteiger charge is -2.08. The highest BCUT2D eigenvalue weighted by atomic mass is 14.9. The predicted molar refractivity (Wildman–Crippen MR) is 74.9 cm³/mol. The van der Waals surface area contributed by atoms with Crippen molar-refractivity contribution in [1.82, 2.24) is 0 Å². The molecule has 0 radical (unpaired) electrons. The van der Waals surface area contributed by atoms with Gasteiger partial charge in [0, 0.05) is 23.6 Å². The van der Waals surface area contributed by atoms with Crippen molar-refractivity contribution in [2.45, 2.75) is 0 Å². The molecule has 0 saturated carbocycles. The van der Waals surface area contributed by atoms with E-state index in [0.717, 1.165) is 23.6 Å². The van der Waals surface area contributed by atoms with Gasteiger partial charge >= 0.3 is 0 Å². The molecule has 0 fully saturated rings. The molecule has 0 aromatic heterocycles. The van der Waals surface area contributed by atoms with Crippen LogP contribution in [0.1, 0.15) is 0 Å². The molecule has 2 nitrogen and oxygen atoms in total. The molecule has 0 aliphatic rings. The van der Waals surface area contributed by atoms with Crippen molar-refractivity contribution in [2.75, 3.05) is 17.2 Å². The number of para-hydroxylation sites is 1. The molecule has 0 unspecified atom stereocenters. The van der Waals surface area contributed by atoms with Crippen LogP contribution in [0.25, 0.3) is 0 Å². The van der Waals surface area contributed by atoms with E-state index >= 15 is 0 Å². The second-order valence-electron chi connectivity index (χ2n) is 3.74. The van der Waals surface area contributed by atoms with Crippen LogP contribution in [0, 0.1) is 0 Å². The summed E-state index contributed by atoms with van der Waals surface area (Å²) in [5.74, 6) is 0. The Hall–Kier alpha value is -2.22. The molecule has 0 spiro atoms. The van der Waals surface area contributed by atoms with Crippen LogP contribution in [0.4, 0.5) is 17.1 Å². The van der Waals surface area contributed by atoms with Crippen LogP contribution in [-0.4, -0.2) is 6.54 Å². The molecule has 2 aromatic rings. The van der Waals surface area contributed by atoms with E-state index in [-0.39, 0.29) is 0 Å². The second-order valence-corrected chi connectivity index (χ2v) is 3.74. The maximum absolute atomic E-state index is 3.67. The van der Waals surface area contributed by atoms with E-state index < -0.39 is 0 Å². The van der Waals surface area contributed by atoms with E-state index in [1.54, 1.807) is 0 Å². The Labute approximate surface area is 102 Å². The van der Waals surface area contributed by atoms with Crippen LogP contribution in [0.15, 0.2) is 67.3 Å². The van der Waals surface area contributed by atoms with Crippen molar-refractivity contribution in [3.8, 4) is 0 Å². The third-order valence-corrected chi connectivity index (χ3v) is 2.40. The summed E-state index contributed by atoms with van der Waals surface area (Å²) in [6, 6.07) is 18.3. The normalized spacial score (nSPS) is 9.65. The van der Waals surface area contributed by atoms with E-state index in [1.807, 2.05) is 36.4 Å². The molecule has 0 amide bonds. The van der Waals surface area contributed by atoms with Gasteiger partial charge < -0.3 is 10.6 Å². The highest BCUT2D eigenvalue weighted by Crippen LogP contribution is 2.18. The minimum atomic E-state index is 0.783. The number of rotatable bonds is 5. The van der Waals surface area contributed by atoms with Crippen molar-refractivity contribution in [1.29, 1.82) is 0 Å². The van der Waals surface area contributed by atoms with Crippen LogP contribution < -0.4 is 10.6 Å². The maximum Gasteiger partial charge on any atom is 0.0385 e. The number of benzene rings is 2. The third kappa shape index (κ3) is 3.38. The Kier molecular flexibility index (Phi) is 3.81. The van der Waals surface area contributed by atoms with Crippen LogP contribution in [-0.2, 0) is 0 Å². The van der Waals surface area contributed by atoms with Gasteiger partial charge in [-0.05, 0) is 36.4 Å². The van der Waals surface area contributed by atoms with Gasteiger partial charge in [0.05, 0.1) is 0 Å². The average molecular weight is 224 g/mol. The molecule has 2 aromatic carbocycles. The minimum Gasteiger partial charge on any atom is -0.382 e. The van der Waals surface area contributed by atoms with Gasteiger partial charge in [0.1, 0.15) is 0 Å². The average Bonchev–Trinajstić information content (AvgIpc) is 2.39. The molecule has 2 N–H and O–H groups in total. The molecule has 0 bridgehead atoms. The number of hydrogen-bond donors (Lipinski definition) is 2. The van der Waals surface area contributed by atoms with Crippen LogP contribution >= 0.6 is 0 Å². The molecule has 0 saturated heterocycles. The molecule has 86 valence electrons. The Bertz CT molecular complexity index is 460. The molecular weight excluding hydrogens is 208 g/mol. The van der Waals surface area contributed by atoms with Gasteiger partial charge in [-0.25, -0.2) is 0 Å². The zero-order valence-electron chi connectivity index (χ0n) is 9.69. The fourth-order valence-electron chi connectivity index (χ4n) is 1.55. The van der Waals surface area contributed by atoms with Crippen LogP contribution in [0.3, 0.4) is 0 Å². The Morgan fingerprint density at radius 3 is 2.06 bits per heavy atom. The summed E-state index contributed by atoms with van der Waals surface area (Å²) in [7, 11) is 0. The van der Waals surface area contributed by atoms with Gasteiger partial charge in [-0.2, -0.15) is 0 Å². The number of nitrogens with one attached hydrogen (secondary N) is 2. The first kappa shape index (κ1) is 11.3. The molecule has 0 aliphatic heterocycles. The first-order chi connectivity index (χ1) is 8.38. The molecule has 17 heavy (non-hydrogen) atoms. The summed E-state index contributed by atoms with van der Waals surface area (Å²) in [4.78, 5) is 0.